The molecule has 0 spiro atoms. The van der Waals surface area contributed by atoms with E-state index in [1.165, 1.54) is 16.7 Å². The Bertz CT molecular complexity index is 511. The van der Waals surface area contributed by atoms with Gasteiger partial charge < -0.3 is 15.3 Å². The lowest BCUT2D eigenvalue weighted by Gasteiger charge is -2.24. The van der Waals surface area contributed by atoms with Gasteiger partial charge in [-0.25, -0.2) is 14.6 Å². The molecule has 1 fully saturated rings. The topological polar surface area (TPSA) is 82.5 Å². The number of aromatic nitrogens is 1. The Hall–Kier alpha value is -1.63. The summed E-state index contributed by atoms with van der Waals surface area (Å²) in [7, 11) is 0. The van der Waals surface area contributed by atoms with Crippen LogP contribution in [0.2, 0.25) is 0 Å². The SMILES string of the molecule is CC(C)CN(C(=O)NCCc1nc(C(=O)O)cs1)C1CC1. The molecule has 1 heterocycles. The van der Waals surface area contributed by atoms with Gasteiger partial charge in [-0.3, -0.25) is 0 Å². The van der Waals surface area contributed by atoms with Crippen LogP contribution in [0.15, 0.2) is 5.38 Å². The predicted octanol–water partition coefficient (Wildman–Crippen LogP) is 2.21. The second-order valence-electron chi connectivity index (χ2n) is 5.69. The van der Waals surface area contributed by atoms with Crippen molar-refractivity contribution in [2.24, 2.45) is 5.92 Å². The number of thiazole rings is 1. The molecule has 116 valence electrons. The van der Waals surface area contributed by atoms with Crippen LogP contribution < -0.4 is 5.32 Å². The number of rotatable bonds is 7. The molecule has 1 saturated carbocycles. The van der Waals surface area contributed by atoms with E-state index in [0.29, 0.717) is 24.9 Å². The zero-order valence-corrected chi connectivity index (χ0v) is 13.2. The molecule has 1 aromatic rings. The number of carboxylic acid groups (broad SMARTS) is 1. The van der Waals surface area contributed by atoms with Crippen molar-refractivity contribution in [1.82, 2.24) is 15.2 Å². The molecule has 2 amide bonds. The van der Waals surface area contributed by atoms with Crippen molar-refractivity contribution in [2.45, 2.75) is 39.2 Å². The Morgan fingerprint density at radius 2 is 2.24 bits per heavy atom. The number of carbonyl (C=O) groups is 2. The third-order valence-electron chi connectivity index (χ3n) is 3.20. The Balaban J connectivity index is 1.78. The molecule has 1 aromatic heterocycles. The average Bonchev–Trinajstić information content (AvgIpc) is 3.14. The van der Waals surface area contributed by atoms with Crippen molar-refractivity contribution in [2.75, 3.05) is 13.1 Å². The standard InChI is InChI=1S/C14H21N3O3S/c1-9(2)7-17(10-3-4-10)14(20)15-6-5-12-16-11(8-21-12)13(18)19/h8-10H,3-7H2,1-2H3,(H,15,20)(H,18,19). The van der Waals surface area contributed by atoms with E-state index in [1.807, 2.05) is 4.90 Å². The van der Waals surface area contributed by atoms with Crippen LogP contribution in [0.3, 0.4) is 0 Å². The summed E-state index contributed by atoms with van der Waals surface area (Å²) in [6.07, 6.45) is 2.74. The minimum absolute atomic E-state index is 0.0267. The molecule has 0 bridgehead atoms. The molecule has 0 atom stereocenters. The van der Waals surface area contributed by atoms with E-state index >= 15 is 0 Å². The molecule has 0 unspecified atom stereocenters. The van der Waals surface area contributed by atoms with E-state index < -0.39 is 5.97 Å². The smallest absolute Gasteiger partial charge is 0.355 e. The summed E-state index contributed by atoms with van der Waals surface area (Å²) < 4.78 is 0. The minimum atomic E-state index is -1.02. The Labute approximate surface area is 128 Å². The van der Waals surface area contributed by atoms with Gasteiger partial charge in [0.25, 0.3) is 0 Å². The number of hydrogen-bond acceptors (Lipinski definition) is 4. The van der Waals surface area contributed by atoms with Gasteiger partial charge in [-0.2, -0.15) is 0 Å². The highest BCUT2D eigenvalue weighted by atomic mass is 32.1. The summed E-state index contributed by atoms with van der Waals surface area (Å²) in [4.78, 5) is 28.8. The number of amides is 2. The van der Waals surface area contributed by atoms with Crippen LogP contribution in [-0.2, 0) is 6.42 Å². The first-order chi connectivity index (χ1) is 9.97. The van der Waals surface area contributed by atoms with Gasteiger partial charge in [0.2, 0.25) is 0 Å². The third-order valence-corrected chi connectivity index (χ3v) is 4.10. The van der Waals surface area contributed by atoms with Crippen molar-refractivity contribution >= 4 is 23.3 Å². The minimum Gasteiger partial charge on any atom is -0.476 e. The third kappa shape index (κ3) is 4.70. The van der Waals surface area contributed by atoms with Gasteiger partial charge in [0.05, 0.1) is 5.01 Å². The first-order valence-corrected chi connectivity index (χ1v) is 8.07. The van der Waals surface area contributed by atoms with Gasteiger partial charge in [0, 0.05) is 30.9 Å². The van der Waals surface area contributed by atoms with E-state index in [-0.39, 0.29) is 11.7 Å². The molecule has 0 saturated heterocycles. The Kier molecular flexibility index (Phi) is 5.17. The monoisotopic (exact) mass is 311 g/mol. The molecule has 0 aliphatic heterocycles. The molecule has 21 heavy (non-hydrogen) atoms. The van der Waals surface area contributed by atoms with E-state index in [1.54, 1.807) is 0 Å². The zero-order valence-electron chi connectivity index (χ0n) is 12.3. The number of nitrogens with one attached hydrogen (secondary N) is 1. The molecule has 0 radical (unpaired) electrons. The maximum absolute atomic E-state index is 12.2. The van der Waals surface area contributed by atoms with E-state index in [4.69, 9.17) is 5.11 Å². The maximum Gasteiger partial charge on any atom is 0.355 e. The van der Waals surface area contributed by atoms with Crippen LogP contribution in [-0.4, -0.2) is 46.1 Å². The van der Waals surface area contributed by atoms with Gasteiger partial charge in [-0.05, 0) is 18.8 Å². The first-order valence-electron chi connectivity index (χ1n) is 7.19. The fourth-order valence-corrected chi connectivity index (χ4v) is 2.85. The number of carboxylic acids is 1. The van der Waals surface area contributed by atoms with Crippen LogP contribution in [0, 0.1) is 5.92 Å². The molecule has 1 aliphatic rings. The second kappa shape index (κ2) is 6.89. The van der Waals surface area contributed by atoms with Crippen molar-refractivity contribution in [3.05, 3.63) is 16.1 Å². The number of hydrogen-bond donors (Lipinski definition) is 2. The summed E-state index contributed by atoms with van der Waals surface area (Å²) in [5.41, 5.74) is 0.0701. The highest BCUT2D eigenvalue weighted by Crippen LogP contribution is 2.27. The van der Waals surface area contributed by atoms with E-state index in [2.05, 4.69) is 24.1 Å². The van der Waals surface area contributed by atoms with Gasteiger partial charge in [-0.1, -0.05) is 13.8 Å². The van der Waals surface area contributed by atoms with Gasteiger partial charge in [0.15, 0.2) is 5.69 Å². The number of aromatic carboxylic acids is 1. The summed E-state index contributed by atoms with van der Waals surface area (Å²) in [6, 6.07) is 0.368. The van der Waals surface area contributed by atoms with Gasteiger partial charge in [-0.15, -0.1) is 11.3 Å². The van der Waals surface area contributed by atoms with Crippen LogP contribution in [0.5, 0.6) is 0 Å². The molecule has 2 N–H and O–H groups in total. The van der Waals surface area contributed by atoms with Gasteiger partial charge in [0.1, 0.15) is 0 Å². The summed E-state index contributed by atoms with van der Waals surface area (Å²) >= 11 is 1.31. The number of urea groups is 1. The Morgan fingerprint density at radius 1 is 1.52 bits per heavy atom. The fourth-order valence-electron chi connectivity index (χ4n) is 2.08. The largest absolute Gasteiger partial charge is 0.476 e. The van der Waals surface area contributed by atoms with Gasteiger partial charge >= 0.3 is 12.0 Å². The van der Waals surface area contributed by atoms with E-state index in [0.717, 1.165) is 24.4 Å². The maximum atomic E-state index is 12.2. The average molecular weight is 311 g/mol. The predicted molar refractivity (Wildman–Crippen MR) is 80.7 cm³/mol. The molecule has 0 aromatic carbocycles. The van der Waals surface area contributed by atoms with Crippen LogP contribution in [0.4, 0.5) is 4.79 Å². The van der Waals surface area contributed by atoms with Crippen LogP contribution >= 0.6 is 11.3 Å². The summed E-state index contributed by atoms with van der Waals surface area (Å²) in [6.45, 7) is 5.46. The van der Waals surface area contributed by atoms with E-state index in [9.17, 15) is 9.59 Å². The number of nitrogens with zero attached hydrogens (tertiary/aromatic N) is 2. The highest BCUT2D eigenvalue weighted by molar-refractivity contribution is 7.09. The lowest BCUT2D eigenvalue weighted by atomic mass is 10.2. The van der Waals surface area contributed by atoms with Crippen LogP contribution in [0.1, 0.15) is 42.2 Å². The molecular weight excluding hydrogens is 290 g/mol. The van der Waals surface area contributed by atoms with Crippen molar-refractivity contribution in [3.63, 3.8) is 0 Å². The lowest BCUT2D eigenvalue weighted by molar-refractivity contribution is 0.0691. The zero-order chi connectivity index (χ0) is 15.4. The van der Waals surface area contributed by atoms with Crippen molar-refractivity contribution in [3.8, 4) is 0 Å². The molecule has 7 heteroatoms. The Morgan fingerprint density at radius 3 is 2.76 bits per heavy atom. The van der Waals surface area contributed by atoms with Crippen molar-refractivity contribution in [1.29, 1.82) is 0 Å². The molecule has 2 rings (SSSR count). The fraction of sp³-hybridized carbons (Fsp3) is 0.643. The summed E-state index contributed by atoms with van der Waals surface area (Å²) in [5, 5.41) is 14.0. The highest BCUT2D eigenvalue weighted by Gasteiger charge is 2.32. The number of carbonyl (C=O) groups excluding carboxylic acids is 1. The molecule has 1 aliphatic carbocycles. The quantitative estimate of drug-likeness (QED) is 0.809. The summed E-state index contributed by atoms with van der Waals surface area (Å²) in [5.74, 6) is -0.563. The molecule has 6 nitrogen and oxygen atoms in total. The lowest BCUT2D eigenvalue weighted by Crippen LogP contribution is -2.43. The van der Waals surface area contributed by atoms with Crippen LogP contribution in [0.25, 0.3) is 0 Å². The second-order valence-corrected chi connectivity index (χ2v) is 6.63. The molecular formula is C14H21N3O3S. The normalized spacial score (nSPS) is 14.2. The first kappa shape index (κ1) is 15.8. The van der Waals surface area contributed by atoms with Crippen molar-refractivity contribution < 1.29 is 14.7 Å².